The van der Waals surface area contributed by atoms with Crippen LogP contribution in [0.2, 0.25) is 0 Å². The Morgan fingerprint density at radius 1 is 1.25 bits per heavy atom. The van der Waals surface area contributed by atoms with Crippen molar-refractivity contribution in [3.05, 3.63) is 60.0 Å². The van der Waals surface area contributed by atoms with Crippen LogP contribution in [0.4, 0.5) is 4.39 Å². The molecule has 1 amide bonds. The lowest BCUT2D eigenvalue weighted by molar-refractivity contribution is -0.127. The van der Waals surface area contributed by atoms with E-state index in [4.69, 9.17) is 0 Å². The highest BCUT2D eigenvalue weighted by Crippen LogP contribution is 2.15. The fourth-order valence-corrected chi connectivity index (χ4v) is 2.45. The van der Waals surface area contributed by atoms with Gasteiger partial charge in [0.15, 0.2) is 0 Å². The first-order valence-corrected chi connectivity index (χ1v) is 7.16. The Morgan fingerprint density at radius 3 is 2.70 bits per heavy atom. The molecule has 0 aliphatic rings. The zero-order chi connectivity index (χ0) is 14.4. The minimum absolute atomic E-state index is 0.0519. The summed E-state index contributed by atoms with van der Waals surface area (Å²) in [7, 11) is 1.67. The number of amides is 1. The minimum Gasteiger partial charge on any atom is -0.341 e. The Morgan fingerprint density at radius 2 is 2.00 bits per heavy atom. The first-order chi connectivity index (χ1) is 9.66. The summed E-state index contributed by atoms with van der Waals surface area (Å²) in [6.07, 6.45) is 1.69. The molecule has 0 saturated carbocycles. The molecule has 0 saturated heterocycles. The SMILES string of the molecule is CN(Cc1ccccc1F)C(=O)CSc1ccccn1. The van der Waals surface area contributed by atoms with E-state index in [0.717, 1.165) is 5.03 Å². The smallest absolute Gasteiger partial charge is 0.233 e. The summed E-state index contributed by atoms with van der Waals surface area (Å²) in [6, 6.07) is 12.0. The van der Waals surface area contributed by atoms with E-state index >= 15 is 0 Å². The quantitative estimate of drug-likeness (QED) is 0.794. The van der Waals surface area contributed by atoms with Crippen molar-refractivity contribution in [3.8, 4) is 0 Å². The number of rotatable bonds is 5. The summed E-state index contributed by atoms with van der Waals surface area (Å²) in [5.41, 5.74) is 0.520. The van der Waals surface area contributed by atoms with Crippen LogP contribution in [0.5, 0.6) is 0 Å². The molecule has 0 radical (unpaired) electrons. The average Bonchev–Trinajstić information content (AvgIpc) is 2.48. The van der Waals surface area contributed by atoms with Crippen LogP contribution in [0, 0.1) is 5.82 Å². The molecule has 0 N–H and O–H groups in total. The lowest BCUT2D eigenvalue weighted by atomic mass is 10.2. The number of pyridine rings is 1. The molecule has 104 valence electrons. The van der Waals surface area contributed by atoms with Crippen molar-refractivity contribution in [1.29, 1.82) is 0 Å². The maximum Gasteiger partial charge on any atom is 0.233 e. The van der Waals surface area contributed by atoms with Gasteiger partial charge in [0.25, 0.3) is 0 Å². The lowest BCUT2D eigenvalue weighted by Gasteiger charge is -2.17. The van der Waals surface area contributed by atoms with Crippen LogP contribution >= 0.6 is 11.8 Å². The van der Waals surface area contributed by atoms with Crippen LogP contribution in [-0.2, 0) is 11.3 Å². The van der Waals surface area contributed by atoms with Crippen LogP contribution in [0.3, 0.4) is 0 Å². The van der Waals surface area contributed by atoms with Crippen LogP contribution in [-0.4, -0.2) is 28.6 Å². The molecule has 0 unspecified atom stereocenters. The molecule has 0 fully saturated rings. The van der Waals surface area contributed by atoms with E-state index in [2.05, 4.69) is 4.98 Å². The fraction of sp³-hybridized carbons (Fsp3) is 0.200. The molecule has 1 heterocycles. The van der Waals surface area contributed by atoms with Crippen molar-refractivity contribution in [2.75, 3.05) is 12.8 Å². The third kappa shape index (κ3) is 4.06. The Bertz CT molecular complexity index is 577. The summed E-state index contributed by atoms with van der Waals surface area (Å²) < 4.78 is 13.5. The van der Waals surface area contributed by atoms with Gasteiger partial charge in [0.05, 0.1) is 10.8 Å². The molecule has 1 aromatic heterocycles. The summed E-state index contributed by atoms with van der Waals surface area (Å²) in [5, 5.41) is 0.806. The topological polar surface area (TPSA) is 33.2 Å². The van der Waals surface area contributed by atoms with E-state index in [1.807, 2.05) is 18.2 Å². The molecule has 0 atom stereocenters. The number of carbonyl (C=O) groups is 1. The molecule has 1 aromatic carbocycles. The zero-order valence-electron chi connectivity index (χ0n) is 11.1. The highest BCUT2D eigenvalue weighted by Gasteiger charge is 2.12. The molecule has 20 heavy (non-hydrogen) atoms. The predicted octanol–water partition coefficient (Wildman–Crippen LogP) is 2.97. The third-order valence-electron chi connectivity index (χ3n) is 2.77. The standard InChI is InChI=1S/C15H15FN2OS/c1-18(10-12-6-2-3-7-13(12)16)15(19)11-20-14-8-4-5-9-17-14/h2-9H,10-11H2,1H3. The number of hydrogen-bond acceptors (Lipinski definition) is 3. The lowest BCUT2D eigenvalue weighted by Crippen LogP contribution is -2.28. The molecular weight excluding hydrogens is 275 g/mol. The Balaban J connectivity index is 1.88. The second kappa shape index (κ2) is 7.05. The molecule has 0 spiro atoms. The number of aromatic nitrogens is 1. The normalized spacial score (nSPS) is 10.3. The van der Waals surface area contributed by atoms with Gasteiger partial charge in [-0.05, 0) is 18.2 Å². The van der Waals surface area contributed by atoms with E-state index in [1.165, 1.54) is 22.7 Å². The summed E-state index contributed by atoms with van der Waals surface area (Å²) in [5.74, 6) is -0.0458. The summed E-state index contributed by atoms with van der Waals surface area (Å²) in [4.78, 5) is 17.6. The molecule has 3 nitrogen and oxygen atoms in total. The maximum atomic E-state index is 13.5. The van der Waals surface area contributed by atoms with E-state index in [1.54, 1.807) is 31.4 Å². The Labute approximate surface area is 121 Å². The van der Waals surface area contributed by atoms with Crippen LogP contribution in [0.25, 0.3) is 0 Å². The van der Waals surface area contributed by atoms with Gasteiger partial charge in [0.1, 0.15) is 5.82 Å². The minimum atomic E-state index is -0.287. The van der Waals surface area contributed by atoms with Gasteiger partial charge >= 0.3 is 0 Å². The van der Waals surface area contributed by atoms with Gasteiger partial charge in [-0.3, -0.25) is 4.79 Å². The van der Waals surface area contributed by atoms with Crippen molar-refractivity contribution in [1.82, 2.24) is 9.88 Å². The van der Waals surface area contributed by atoms with Crippen molar-refractivity contribution in [2.24, 2.45) is 0 Å². The fourth-order valence-electron chi connectivity index (χ4n) is 1.65. The van der Waals surface area contributed by atoms with Crippen molar-refractivity contribution < 1.29 is 9.18 Å². The number of hydrogen-bond donors (Lipinski definition) is 0. The second-order valence-corrected chi connectivity index (χ2v) is 5.29. The summed E-state index contributed by atoms with van der Waals surface area (Å²) >= 11 is 1.38. The Hall–Kier alpha value is -1.88. The van der Waals surface area contributed by atoms with Gasteiger partial charge < -0.3 is 4.90 Å². The molecule has 2 aromatic rings. The monoisotopic (exact) mass is 290 g/mol. The molecule has 0 aliphatic heterocycles. The Kier molecular flexibility index (Phi) is 5.12. The van der Waals surface area contributed by atoms with E-state index in [-0.39, 0.29) is 18.3 Å². The van der Waals surface area contributed by atoms with E-state index < -0.39 is 0 Å². The number of carbonyl (C=O) groups excluding carboxylic acids is 1. The van der Waals surface area contributed by atoms with Gasteiger partial charge in [-0.15, -0.1) is 0 Å². The molecule has 0 bridgehead atoms. The number of benzene rings is 1. The van der Waals surface area contributed by atoms with Gasteiger partial charge in [0.2, 0.25) is 5.91 Å². The van der Waals surface area contributed by atoms with Gasteiger partial charge in [-0.25, -0.2) is 9.37 Å². The van der Waals surface area contributed by atoms with Crippen LogP contribution < -0.4 is 0 Å². The van der Waals surface area contributed by atoms with E-state index in [9.17, 15) is 9.18 Å². The molecule has 5 heteroatoms. The molecule has 2 rings (SSSR count). The van der Waals surface area contributed by atoms with Gasteiger partial charge in [0, 0.05) is 25.4 Å². The van der Waals surface area contributed by atoms with E-state index in [0.29, 0.717) is 11.3 Å². The predicted molar refractivity (Wildman–Crippen MR) is 77.8 cm³/mol. The van der Waals surface area contributed by atoms with Crippen LogP contribution in [0.1, 0.15) is 5.56 Å². The van der Waals surface area contributed by atoms with Gasteiger partial charge in [-0.1, -0.05) is 36.0 Å². The average molecular weight is 290 g/mol. The van der Waals surface area contributed by atoms with Crippen molar-refractivity contribution in [2.45, 2.75) is 11.6 Å². The van der Waals surface area contributed by atoms with Crippen molar-refractivity contribution >= 4 is 17.7 Å². The van der Waals surface area contributed by atoms with Crippen molar-refractivity contribution in [3.63, 3.8) is 0 Å². The number of nitrogens with zero attached hydrogens (tertiary/aromatic N) is 2. The first-order valence-electron chi connectivity index (χ1n) is 6.18. The van der Waals surface area contributed by atoms with Crippen LogP contribution in [0.15, 0.2) is 53.7 Å². The molecule has 0 aliphatic carbocycles. The largest absolute Gasteiger partial charge is 0.341 e. The maximum absolute atomic E-state index is 13.5. The third-order valence-corrected chi connectivity index (χ3v) is 3.70. The second-order valence-electron chi connectivity index (χ2n) is 4.30. The number of thioether (sulfide) groups is 1. The number of halogens is 1. The highest BCUT2D eigenvalue weighted by molar-refractivity contribution is 7.99. The highest BCUT2D eigenvalue weighted by atomic mass is 32.2. The zero-order valence-corrected chi connectivity index (χ0v) is 11.9. The van der Waals surface area contributed by atoms with Gasteiger partial charge in [-0.2, -0.15) is 0 Å². The molecular formula is C15H15FN2OS. The summed E-state index contributed by atoms with van der Waals surface area (Å²) in [6.45, 7) is 0.272. The first kappa shape index (κ1) is 14.5.